The lowest BCUT2D eigenvalue weighted by molar-refractivity contribution is -0.0876. The highest BCUT2D eigenvalue weighted by Gasteiger charge is 2.61. The van der Waals surface area contributed by atoms with Crippen molar-refractivity contribution in [1.29, 1.82) is 5.26 Å². The fourth-order valence-corrected chi connectivity index (χ4v) is 6.37. The van der Waals surface area contributed by atoms with Gasteiger partial charge in [-0.25, -0.2) is 0 Å². The summed E-state index contributed by atoms with van der Waals surface area (Å²) in [5, 5.41) is 35.3. The van der Waals surface area contributed by atoms with Crippen LogP contribution in [0.25, 0.3) is 27.4 Å². The molecule has 0 radical (unpaired) electrons. The number of aromatic amines is 1. The molecule has 37 heavy (non-hydrogen) atoms. The summed E-state index contributed by atoms with van der Waals surface area (Å²) in [5.41, 5.74) is 2.04. The molecule has 1 saturated heterocycles. The summed E-state index contributed by atoms with van der Waals surface area (Å²) in [6.45, 7) is 2.37. The van der Waals surface area contributed by atoms with Gasteiger partial charge in [0.15, 0.2) is 0 Å². The van der Waals surface area contributed by atoms with Crippen molar-refractivity contribution in [2.24, 2.45) is 0 Å². The molecule has 2 aromatic heterocycles. The second-order valence-corrected chi connectivity index (χ2v) is 10.2. The Morgan fingerprint density at radius 1 is 1.03 bits per heavy atom. The van der Waals surface area contributed by atoms with Gasteiger partial charge in [0.05, 0.1) is 40.7 Å². The number of nitrogens with zero attached hydrogens (tertiary/aromatic N) is 2. The van der Waals surface area contributed by atoms with Crippen molar-refractivity contribution in [2.45, 2.75) is 37.4 Å². The smallest absolute Gasteiger partial charge is 0.205 e. The number of hydrogen-bond donors (Lipinski definition) is 3. The van der Waals surface area contributed by atoms with Gasteiger partial charge in [0, 0.05) is 34.3 Å². The molecule has 7 rings (SSSR count). The van der Waals surface area contributed by atoms with Gasteiger partial charge in [-0.2, -0.15) is 5.26 Å². The Kier molecular flexibility index (Phi) is 4.45. The zero-order valence-corrected chi connectivity index (χ0v) is 20.3. The molecule has 2 aliphatic heterocycles. The Morgan fingerprint density at radius 3 is 2.68 bits per heavy atom. The monoisotopic (exact) mass is 491 g/mol. The fraction of sp³-hybridized carbons (Fsp3) is 0.233. The highest BCUT2D eigenvalue weighted by molar-refractivity contribution is 5.95. The first kappa shape index (κ1) is 21.8. The number of benzene rings is 3. The van der Waals surface area contributed by atoms with Gasteiger partial charge in [-0.1, -0.05) is 24.3 Å². The fourth-order valence-electron chi connectivity index (χ4n) is 6.37. The number of aromatic hydroxyl groups is 2. The number of fused-ring (bicyclic) bond motifs is 7. The number of rotatable bonds is 5. The van der Waals surface area contributed by atoms with Gasteiger partial charge in [-0.15, -0.1) is 0 Å². The minimum absolute atomic E-state index is 0.0229. The molecule has 0 spiro atoms. The summed E-state index contributed by atoms with van der Waals surface area (Å²) in [6.07, 6.45) is 3.89. The van der Waals surface area contributed by atoms with E-state index in [2.05, 4.69) is 11.1 Å². The van der Waals surface area contributed by atoms with Gasteiger partial charge in [0.1, 0.15) is 11.4 Å². The average Bonchev–Trinajstić information content (AvgIpc) is 3.63. The van der Waals surface area contributed by atoms with E-state index in [-0.39, 0.29) is 11.8 Å². The first-order chi connectivity index (χ1) is 17.9. The maximum absolute atomic E-state index is 11.6. The van der Waals surface area contributed by atoms with Gasteiger partial charge >= 0.3 is 0 Å². The normalized spacial score (nSPS) is 21.9. The maximum atomic E-state index is 11.6. The molecule has 2 bridgehead atoms. The molecule has 7 heteroatoms. The Bertz CT molecular complexity index is 1760. The summed E-state index contributed by atoms with van der Waals surface area (Å²) in [5.74, 6) is 0.723. The lowest BCUT2D eigenvalue weighted by Gasteiger charge is -2.26. The molecule has 1 fully saturated rings. The van der Waals surface area contributed by atoms with Crippen LogP contribution >= 0.6 is 0 Å². The van der Waals surface area contributed by atoms with Crippen molar-refractivity contribution in [2.75, 3.05) is 6.61 Å². The average molecular weight is 492 g/mol. The van der Waals surface area contributed by atoms with E-state index in [1.54, 1.807) is 12.1 Å². The molecule has 5 aromatic rings. The minimum atomic E-state index is -0.752. The molecular weight excluding hydrogens is 466 g/mol. The summed E-state index contributed by atoms with van der Waals surface area (Å²) in [4.78, 5) is 3.18. The van der Waals surface area contributed by atoms with E-state index in [1.807, 2.05) is 61.7 Å². The lowest BCUT2D eigenvalue weighted by Crippen LogP contribution is -2.25. The number of aromatic nitrogens is 2. The largest absolute Gasteiger partial charge is 0.494 e. The topological polar surface area (TPSA) is 103 Å². The predicted octanol–water partition coefficient (Wildman–Crippen LogP) is 6.10. The number of ether oxygens (including phenoxy) is 2. The van der Waals surface area contributed by atoms with E-state index in [0.717, 1.165) is 40.3 Å². The number of nitrogens with one attached hydrogen (secondary N) is 1. The Labute approximate surface area is 213 Å². The number of nitriles is 1. The van der Waals surface area contributed by atoms with Crippen LogP contribution in [-0.2, 0) is 15.9 Å². The van der Waals surface area contributed by atoms with Crippen molar-refractivity contribution in [3.8, 4) is 29.3 Å². The van der Waals surface area contributed by atoms with E-state index in [4.69, 9.17) is 9.47 Å². The second-order valence-electron chi connectivity index (χ2n) is 10.2. The Hall–Kier alpha value is -4.41. The van der Waals surface area contributed by atoms with Crippen molar-refractivity contribution >= 4 is 21.7 Å². The zero-order chi connectivity index (χ0) is 25.4. The minimum Gasteiger partial charge on any atom is -0.494 e. The lowest BCUT2D eigenvalue weighted by atomic mass is 9.78. The first-order valence-corrected chi connectivity index (χ1v) is 12.4. The van der Waals surface area contributed by atoms with Crippen molar-refractivity contribution in [3.63, 3.8) is 0 Å². The van der Waals surface area contributed by atoms with Crippen molar-refractivity contribution in [3.05, 3.63) is 83.6 Å². The van der Waals surface area contributed by atoms with Crippen LogP contribution in [0, 0.1) is 11.3 Å². The van der Waals surface area contributed by atoms with Gasteiger partial charge < -0.3 is 24.7 Å². The van der Waals surface area contributed by atoms with Crippen LogP contribution in [0.1, 0.15) is 42.9 Å². The SMILES string of the molecule is C[C@@]12CC[C@@](CCOc3ccc4[nH]ccc4c3)(O1)c1c2c(O)n(-c2ccc(C#N)c3ccccc23)c1O. The summed E-state index contributed by atoms with van der Waals surface area (Å²) in [7, 11) is 0. The van der Waals surface area contributed by atoms with Crippen molar-refractivity contribution in [1.82, 2.24) is 9.55 Å². The van der Waals surface area contributed by atoms with Gasteiger partial charge in [0.25, 0.3) is 0 Å². The Morgan fingerprint density at radius 2 is 1.84 bits per heavy atom. The van der Waals surface area contributed by atoms with Crippen LogP contribution in [-0.4, -0.2) is 26.4 Å². The molecule has 0 unspecified atom stereocenters. The third kappa shape index (κ3) is 2.96. The maximum Gasteiger partial charge on any atom is 0.205 e. The molecule has 3 N–H and O–H groups in total. The van der Waals surface area contributed by atoms with Gasteiger partial charge in [0.2, 0.25) is 11.8 Å². The van der Waals surface area contributed by atoms with Gasteiger partial charge in [-0.05, 0) is 56.2 Å². The van der Waals surface area contributed by atoms with E-state index in [1.165, 1.54) is 4.57 Å². The molecule has 184 valence electrons. The van der Waals surface area contributed by atoms with Crippen LogP contribution in [0.5, 0.6) is 17.5 Å². The predicted molar refractivity (Wildman–Crippen MR) is 139 cm³/mol. The highest BCUT2D eigenvalue weighted by atomic mass is 16.5. The Balaban J connectivity index is 1.28. The zero-order valence-electron chi connectivity index (χ0n) is 20.3. The highest BCUT2D eigenvalue weighted by Crippen LogP contribution is 2.65. The molecular formula is C30H25N3O4. The van der Waals surface area contributed by atoms with E-state index < -0.39 is 11.2 Å². The van der Waals surface area contributed by atoms with Crippen LogP contribution < -0.4 is 4.74 Å². The molecule has 2 atom stereocenters. The van der Waals surface area contributed by atoms with Crippen LogP contribution in [0.3, 0.4) is 0 Å². The first-order valence-electron chi connectivity index (χ1n) is 12.4. The molecule has 2 aliphatic rings. The van der Waals surface area contributed by atoms with E-state index in [0.29, 0.717) is 35.4 Å². The molecule has 0 saturated carbocycles. The molecule has 0 aliphatic carbocycles. The number of H-pyrrole nitrogens is 1. The van der Waals surface area contributed by atoms with Gasteiger partial charge in [-0.3, -0.25) is 4.57 Å². The number of hydrogen-bond acceptors (Lipinski definition) is 5. The summed E-state index contributed by atoms with van der Waals surface area (Å²) >= 11 is 0. The van der Waals surface area contributed by atoms with Crippen molar-refractivity contribution < 1.29 is 19.7 Å². The van der Waals surface area contributed by atoms with Crippen LogP contribution in [0.4, 0.5) is 0 Å². The summed E-state index contributed by atoms with van der Waals surface area (Å²) in [6, 6.07) is 21.2. The van der Waals surface area contributed by atoms with E-state index in [9.17, 15) is 15.5 Å². The third-order valence-electron chi connectivity index (χ3n) is 8.09. The molecule has 4 heterocycles. The van der Waals surface area contributed by atoms with E-state index >= 15 is 0 Å². The molecule has 7 nitrogen and oxygen atoms in total. The second kappa shape index (κ2) is 7.55. The third-order valence-corrected chi connectivity index (χ3v) is 8.09. The van der Waals surface area contributed by atoms with Crippen LogP contribution in [0.2, 0.25) is 0 Å². The molecule has 3 aromatic carbocycles. The quantitative estimate of drug-likeness (QED) is 0.276. The molecule has 0 amide bonds. The van der Waals surface area contributed by atoms with Crippen LogP contribution in [0.15, 0.2) is 66.9 Å². The standard InChI is InChI=1S/C30H25N3O4/c1-29-11-12-30(37-29,13-15-36-20-7-8-23-18(16-20)10-14-32-23)26-25(29)27(34)33(28(26)35)24-9-6-19(17-31)21-4-2-3-5-22(21)24/h2-10,14,16,32,34-35H,11-13,15H2,1H3/t29-,30-/m0/s1. The summed E-state index contributed by atoms with van der Waals surface area (Å²) < 4.78 is 14.2.